The molecule has 24 heavy (non-hydrogen) atoms. The van der Waals surface area contributed by atoms with Crippen molar-refractivity contribution in [2.24, 2.45) is 5.73 Å². The van der Waals surface area contributed by atoms with Gasteiger partial charge in [-0.3, -0.25) is 4.79 Å². The third-order valence-electron chi connectivity index (χ3n) is 3.86. The van der Waals surface area contributed by atoms with Gasteiger partial charge in [0.2, 0.25) is 0 Å². The van der Waals surface area contributed by atoms with Gasteiger partial charge in [-0.2, -0.15) is 0 Å². The maximum absolute atomic E-state index is 10.8. The molecule has 2 aromatic carbocycles. The van der Waals surface area contributed by atoms with Crippen LogP contribution in [0.15, 0.2) is 60.7 Å². The molecule has 3 rings (SSSR count). The second-order valence-electron chi connectivity index (χ2n) is 5.70. The Morgan fingerprint density at radius 2 is 1.96 bits per heavy atom. The van der Waals surface area contributed by atoms with E-state index in [0.717, 1.165) is 28.0 Å². The van der Waals surface area contributed by atoms with Gasteiger partial charge in [0.1, 0.15) is 11.9 Å². The smallest absolute Gasteiger partial charge is 0.320 e. The first-order chi connectivity index (χ1) is 11.6. The van der Waals surface area contributed by atoms with Crippen LogP contribution in [0.3, 0.4) is 0 Å². The number of aryl methyl sites for hydroxylation is 1. The van der Waals surface area contributed by atoms with Crippen LogP contribution in [0.1, 0.15) is 12.0 Å². The van der Waals surface area contributed by atoms with Crippen molar-refractivity contribution in [3.05, 3.63) is 66.2 Å². The number of para-hydroxylation sites is 1. The van der Waals surface area contributed by atoms with Gasteiger partial charge in [-0.15, -0.1) is 0 Å². The summed E-state index contributed by atoms with van der Waals surface area (Å²) in [7, 11) is 0. The number of hydrogen-bond acceptors (Lipinski definition) is 4. The van der Waals surface area contributed by atoms with E-state index in [1.807, 2.05) is 60.7 Å². The molecule has 0 aliphatic heterocycles. The Balaban J connectivity index is 1.72. The van der Waals surface area contributed by atoms with Crippen LogP contribution in [0.4, 0.5) is 11.5 Å². The first-order valence-corrected chi connectivity index (χ1v) is 7.82. The molecule has 0 fully saturated rings. The fourth-order valence-corrected chi connectivity index (χ4v) is 2.53. The number of rotatable bonds is 6. The zero-order valence-electron chi connectivity index (χ0n) is 13.1. The molecule has 0 aliphatic carbocycles. The largest absolute Gasteiger partial charge is 0.480 e. The number of fused-ring (bicyclic) bond motifs is 1. The molecule has 0 spiro atoms. The normalized spacial score (nSPS) is 12.0. The third-order valence-corrected chi connectivity index (χ3v) is 3.86. The second-order valence-corrected chi connectivity index (χ2v) is 5.70. The number of nitrogens with one attached hydrogen (secondary N) is 1. The number of nitrogens with two attached hydrogens (primary N) is 1. The fourth-order valence-electron chi connectivity index (χ4n) is 2.53. The Kier molecular flexibility index (Phi) is 4.72. The predicted molar refractivity (Wildman–Crippen MR) is 95.4 cm³/mol. The molecule has 1 aromatic heterocycles. The molecule has 4 N–H and O–H groups in total. The lowest BCUT2D eigenvalue weighted by molar-refractivity contribution is -0.138. The Morgan fingerprint density at radius 1 is 1.12 bits per heavy atom. The minimum atomic E-state index is -0.968. The Morgan fingerprint density at radius 3 is 2.79 bits per heavy atom. The number of anilines is 2. The van der Waals surface area contributed by atoms with Gasteiger partial charge in [-0.05, 0) is 48.7 Å². The lowest BCUT2D eigenvalue weighted by Crippen LogP contribution is -2.30. The first kappa shape index (κ1) is 16.0. The molecular weight excluding hydrogens is 302 g/mol. The van der Waals surface area contributed by atoms with Crippen LogP contribution >= 0.6 is 0 Å². The number of aliphatic carboxylic acids is 1. The third kappa shape index (κ3) is 3.88. The highest BCUT2D eigenvalue weighted by Crippen LogP contribution is 2.20. The Bertz CT molecular complexity index is 864. The van der Waals surface area contributed by atoms with Crippen LogP contribution in [0.25, 0.3) is 10.9 Å². The van der Waals surface area contributed by atoms with E-state index >= 15 is 0 Å². The van der Waals surface area contributed by atoms with Crippen molar-refractivity contribution in [2.45, 2.75) is 18.9 Å². The quantitative estimate of drug-likeness (QED) is 0.648. The summed E-state index contributed by atoms with van der Waals surface area (Å²) in [5.41, 5.74) is 8.45. The van der Waals surface area contributed by atoms with Crippen molar-refractivity contribution in [3.63, 3.8) is 0 Å². The minimum absolute atomic E-state index is 0.410. The number of pyridine rings is 1. The van der Waals surface area contributed by atoms with Crippen molar-refractivity contribution >= 4 is 28.4 Å². The summed E-state index contributed by atoms with van der Waals surface area (Å²) >= 11 is 0. The number of hydrogen-bond donors (Lipinski definition) is 3. The molecular formula is C19H19N3O2. The van der Waals surface area contributed by atoms with Gasteiger partial charge in [-0.25, -0.2) is 4.98 Å². The average molecular weight is 321 g/mol. The van der Waals surface area contributed by atoms with Crippen molar-refractivity contribution < 1.29 is 9.90 Å². The summed E-state index contributed by atoms with van der Waals surface area (Å²) in [5.74, 6) is -0.197. The molecule has 0 saturated carbocycles. The minimum Gasteiger partial charge on any atom is -0.480 e. The van der Waals surface area contributed by atoms with Crippen molar-refractivity contribution in [2.75, 3.05) is 5.32 Å². The van der Waals surface area contributed by atoms with Gasteiger partial charge < -0.3 is 16.2 Å². The molecule has 0 unspecified atom stereocenters. The SMILES string of the molecule is N[C@H](CCc1cccc(Nc2ccc3ccccc3n2)c1)C(=O)O. The summed E-state index contributed by atoms with van der Waals surface area (Å²) in [4.78, 5) is 15.4. The highest BCUT2D eigenvalue weighted by molar-refractivity contribution is 5.80. The highest BCUT2D eigenvalue weighted by atomic mass is 16.4. The summed E-state index contributed by atoms with van der Waals surface area (Å²) in [6.07, 6.45) is 1.03. The van der Waals surface area contributed by atoms with Gasteiger partial charge in [0.05, 0.1) is 5.52 Å². The maximum atomic E-state index is 10.8. The van der Waals surface area contributed by atoms with Crippen LogP contribution in [0, 0.1) is 0 Å². The van der Waals surface area contributed by atoms with Crippen LogP contribution in [0.5, 0.6) is 0 Å². The van der Waals surface area contributed by atoms with Crippen LogP contribution in [0.2, 0.25) is 0 Å². The highest BCUT2D eigenvalue weighted by Gasteiger charge is 2.11. The molecule has 0 aliphatic rings. The molecule has 0 amide bonds. The first-order valence-electron chi connectivity index (χ1n) is 7.82. The van der Waals surface area contributed by atoms with Crippen molar-refractivity contribution in [1.82, 2.24) is 4.98 Å². The number of aromatic nitrogens is 1. The summed E-state index contributed by atoms with van der Waals surface area (Å²) in [6.45, 7) is 0. The number of carboxylic acids is 1. The van der Waals surface area contributed by atoms with Gasteiger partial charge in [-0.1, -0.05) is 30.3 Å². The van der Waals surface area contributed by atoms with E-state index in [2.05, 4.69) is 10.3 Å². The standard InChI is InChI=1S/C19H19N3O2/c20-16(19(23)24)10-8-13-4-3-6-15(12-13)21-18-11-9-14-5-1-2-7-17(14)22-18/h1-7,9,11-12,16H,8,10,20H2,(H,21,22)(H,23,24)/t16-/m1/s1. The fraction of sp³-hybridized carbons (Fsp3) is 0.158. The number of benzene rings is 2. The number of nitrogens with zero attached hydrogens (tertiary/aromatic N) is 1. The molecule has 122 valence electrons. The van der Waals surface area contributed by atoms with E-state index < -0.39 is 12.0 Å². The topological polar surface area (TPSA) is 88.2 Å². The lowest BCUT2D eigenvalue weighted by Gasteiger charge is -2.10. The van der Waals surface area contributed by atoms with Crippen LogP contribution < -0.4 is 11.1 Å². The molecule has 1 atom stereocenters. The zero-order valence-corrected chi connectivity index (χ0v) is 13.1. The van der Waals surface area contributed by atoms with Gasteiger partial charge >= 0.3 is 5.97 Å². The Hall–Kier alpha value is -2.92. The van der Waals surface area contributed by atoms with Crippen LogP contribution in [-0.4, -0.2) is 22.1 Å². The molecule has 3 aromatic rings. The molecule has 5 heteroatoms. The van der Waals surface area contributed by atoms with Crippen LogP contribution in [-0.2, 0) is 11.2 Å². The maximum Gasteiger partial charge on any atom is 0.320 e. The van der Waals surface area contributed by atoms with E-state index in [0.29, 0.717) is 12.8 Å². The van der Waals surface area contributed by atoms with E-state index in [1.165, 1.54) is 0 Å². The summed E-state index contributed by atoms with van der Waals surface area (Å²) < 4.78 is 0. The van der Waals surface area contributed by atoms with E-state index in [9.17, 15) is 4.79 Å². The summed E-state index contributed by atoms with van der Waals surface area (Å²) in [5, 5.41) is 13.2. The van der Waals surface area contributed by atoms with Crippen molar-refractivity contribution in [1.29, 1.82) is 0 Å². The van der Waals surface area contributed by atoms with Gasteiger partial charge in [0, 0.05) is 11.1 Å². The van der Waals surface area contributed by atoms with Gasteiger partial charge in [0.15, 0.2) is 0 Å². The predicted octanol–water partition coefficient (Wildman–Crippen LogP) is 3.32. The molecule has 0 saturated heterocycles. The van der Waals surface area contributed by atoms with Gasteiger partial charge in [0.25, 0.3) is 0 Å². The average Bonchev–Trinajstić information content (AvgIpc) is 2.60. The van der Waals surface area contributed by atoms with Crippen molar-refractivity contribution in [3.8, 4) is 0 Å². The Labute approximate surface area is 140 Å². The van der Waals surface area contributed by atoms with E-state index in [4.69, 9.17) is 10.8 Å². The number of carboxylic acid groups (broad SMARTS) is 1. The number of carbonyl (C=O) groups is 1. The lowest BCUT2D eigenvalue weighted by atomic mass is 10.1. The molecule has 5 nitrogen and oxygen atoms in total. The molecule has 0 radical (unpaired) electrons. The molecule has 1 heterocycles. The van der Waals surface area contributed by atoms with E-state index in [-0.39, 0.29) is 0 Å². The zero-order chi connectivity index (χ0) is 16.9. The second kappa shape index (κ2) is 7.10. The summed E-state index contributed by atoms with van der Waals surface area (Å²) in [6, 6.07) is 18.9. The molecule has 0 bridgehead atoms. The van der Waals surface area contributed by atoms with E-state index in [1.54, 1.807) is 0 Å². The monoisotopic (exact) mass is 321 g/mol.